The van der Waals surface area contributed by atoms with Gasteiger partial charge in [-0.25, -0.2) is 8.78 Å². The summed E-state index contributed by atoms with van der Waals surface area (Å²) in [6.07, 6.45) is 5.81. The molecule has 0 radical (unpaired) electrons. The summed E-state index contributed by atoms with van der Waals surface area (Å²) < 4.78 is 27.1. The predicted octanol–water partition coefficient (Wildman–Crippen LogP) is 3.74. The lowest BCUT2D eigenvalue weighted by Crippen LogP contribution is -2.20. The number of hydrogen-bond donors (Lipinski definition) is 1. The van der Waals surface area contributed by atoms with E-state index in [2.05, 4.69) is 12.2 Å². The maximum Gasteiger partial charge on any atom is 0.303 e. The fraction of sp³-hybridized carbons (Fsp3) is 0.438. The fourth-order valence-corrected chi connectivity index (χ4v) is 3.84. The third-order valence-electron chi connectivity index (χ3n) is 4.64. The number of carboxylic acids is 1. The molecule has 0 heterocycles. The number of allylic oxidation sites excluding steroid dienone is 2. The Morgan fingerprint density at radius 1 is 1.25 bits per heavy atom. The Labute approximate surface area is 116 Å². The van der Waals surface area contributed by atoms with Gasteiger partial charge >= 0.3 is 5.97 Å². The van der Waals surface area contributed by atoms with Crippen molar-refractivity contribution in [3.63, 3.8) is 0 Å². The van der Waals surface area contributed by atoms with E-state index in [1.807, 2.05) is 0 Å². The number of benzene rings is 1. The number of carbonyl (C=O) groups is 1. The summed E-state index contributed by atoms with van der Waals surface area (Å²) in [6.45, 7) is 0. The number of rotatable bonds is 4. The summed E-state index contributed by atoms with van der Waals surface area (Å²) >= 11 is 0. The van der Waals surface area contributed by atoms with Crippen LogP contribution in [0.3, 0.4) is 0 Å². The zero-order chi connectivity index (χ0) is 14.3. The molecule has 2 bridgehead atoms. The first-order chi connectivity index (χ1) is 9.56. The number of carboxylic acid groups (broad SMARTS) is 1. The summed E-state index contributed by atoms with van der Waals surface area (Å²) in [5.41, 5.74) is 0.527. The molecule has 4 heteroatoms. The van der Waals surface area contributed by atoms with Crippen LogP contribution in [0.15, 0.2) is 30.4 Å². The molecule has 1 fully saturated rings. The summed E-state index contributed by atoms with van der Waals surface area (Å²) in [5, 5.41) is 8.85. The molecule has 2 aliphatic carbocycles. The smallest absolute Gasteiger partial charge is 0.303 e. The van der Waals surface area contributed by atoms with Crippen molar-refractivity contribution >= 4 is 5.97 Å². The van der Waals surface area contributed by atoms with Gasteiger partial charge in [0.25, 0.3) is 0 Å². The van der Waals surface area contributed by atoms with Crippen LogP contribution in [0, 0.1) is 29.4 Å². The Balaban J connectivity index is 1.89. The van der Waals surface area contributed by atoms with Crippen LogP contribution in [-0.2, 0) is 4.79 Å². The van der Waals surface area contributed by atoms with E-state index in [9.17, 15) is 13.6 Å². The highest BCUT2D eigenvalue weighted by molar-refractivity contribution is 5.66. The van der Waals surface area contributed by atoms with Crippen LogP contribution in [0.2, 0.25) is 0 Å². The van der Waals surface area contributed by atoms with Gasteiger partial charge in [0.15, 0.2) is 0 Å². The number of halogens is 2. The minimum Gasteiger partial charge on any atom is -0.481 e. The number of fused-ring (bicyclic) bond motifs is 2. The molecule has 4 atom stereocenters. The highest BCUT2D eigenvalue weighted by Crippen LogP contribution is 2.54. The SMILES string of the molecule is O=C(O)CCC1C2C=CC(C2)C1c1ccc(F)cc1F. The molecule has 2 aliphatic rings. The molecule has 0 saturated heterocycles. The second kappa shape index (κ2) is 5.00. The van der Waals surface area contributed by atoms with Crippen LogP contribution in [0.5, 0.6) is 0 Å². The minimum absolute atomic E-state index is 0.0232. The molecule has 0 spiro atoms. The van der Waals surface area contributed by atoms with Gasteiger partial charge in [-0.1, -0.05) is 18.2 Å². The van der Waals surface area contributed by atoms with Crippen LogP contribution in [0.4, 0.5) is 8.78 Å². The molecule has 1 aromatic carbocycles. The topological polar surface area (TPSA) is 37.3 Å². The van der Waals surface area contributed by atoms with Crippen molar-refractivity contribution in [2.45, 2.75) is 25.2 Å². The van der Waals surface area contributed by atoms with Crippen LogP contribution < -0.4 is 0 Å². The first-order valence-electron chi connectivity index (χ1n) is 6.91. The standard InChI is InChI=1S/C16H16F2O2/c17-11-3-4-13(14(18)8-11)16-10-2-1-9(7-10)12(16)5-6-15(19)20/h1-4,8-10,12,16H,5-7H2,(H,19,20). The van der Waals surface area contributed by atoms with E-state index in [0.717, 1.165) is 12.5 Å². The van der Waals surface area contributed by atoms with Crippen molar-refractivity contribution in [3.8, 4) is 0 Å². The normalized spacial score (nSPS) is 30.9. The van der Waals surface area contributed by atoms with Gasteiger partial charge in [-0.15, -0.1) is 0 Å². The highest BCUT2D eigenvalue weighted by Gasteiger charge is 2.45. The van der Waals surface area contributed by atoms with Gasteiger partial charge in [0.05, 0.1) is 0 Å². The quantitative estimate of drug-likeness (QED) is 0.852. The van der Waals surface area contributed by atoms with Gasteiger partial charge in [-0.2, -0.15) is 0 Å². The van der Waals surface area contributed by atoms with Gasteiger partial charge in [0, 0.05) is 12.5 Å². The van der Waals surface area contributed by atoms with Crippen LogP contribution in [0.1, 0.15) is 30.7 Å². The summed E-state index contributed by atoms with van der Waals surface area (Å²) in [5.74, 6) is -1.23. The molecule has 0 aromatic heterocycles. The first-order valence-corrected chi connectivity index (χ1v) is 6.91. The van der Waals surface area contributed by atoms with Crippen LogP contribution in [-0.4, -0.2) is 11.1 Å². The van der Waals surface area contributed by atoms with Gasteiger partial charge in [-0.3, -0.25) is 4.79 Å². The fourth-order valence-electron chi connectivity index (χ4n) is 3.84. The lowest BCUT2D eigenvalue weighted by atomic mass is 9.76. The molecule has 1 aromatic rings. The van der Waals surface area contributed by atoms with E-state index in [0.29, 0.717) is 17.9 Å². The Hall–Kier alpha value is -1.71. The molecular formula is C16H16F2O2. The Morgan fingerprint density at radius 2 is 2.00 bits per heavy atom. The molecule has 0 amide bonds. The van der Waals surface area contributed by atoms with Crippen molar-refractivity contribution in [2.24, 2.45) is 17.8 Å². The van der Waals surface area contributed by atoms with E-state index in [1.165, 1.54) is 12.1 Å². The van der Waals surface area contributed by atoms with Gasteiger partial charge < -0.3 is 5.11 Å². The van der Waals surface area contributed by atoms with Crippen LogP contribution >= 0.6 is 0 Å². The summed E-state index contributed by atoms with van der Waals surface area (Å²) in [7, 11) is 0. The van der Waals surface area contributed by atoms with Crippen molar-refractivity contribution in [1.82, 2.24) is 0 Å². The third-order valence-corrected chi connectivity index (χ3v) is 4.64. The lowest BCUT2D eigenvalue weighted by Gasteiger charge is -2.28. The molecule has 4 unspecified atom stereocenters. The largest absolute Gasteiger partial charge is 0.481 e. The van der Waals surface area contributed by atoms with Crippen molar-refractivity contribution in [2.75, 3.05) is 0 Å². The van der Waals surface area contributed by atoms with Crippen molar-refractivity contribution in [1.29, 1.82) is 0 Å². The van der Waals surface area contributed by atoms with Crippen molar-refractivity contribution < 1.29 is 18.7 Å². The maximum atomic E-state index is 14.0. The highest BCUT2D eigenvalue weighted by atomic mass is 19.1. The Bertz CT molecular complexity index is 568. The lowest BCUT2D eigenvalue weighted by molar-refractivity contribution is -0.137. The summed E-state index contributed by atoms with van der Waals surface area (Å²) in [6, 6.07) is 3.71. The van der Waals surface area contributed by atoms with Gasteiger partial charge in [0.1, 0.15) is 11.6 Å². The molecular weight excluding hydrogens is 262 g/mol. The second-order valence-corrected chi connectivity index (χ2v) is 5.74. The zero-order valence-corrected chi connectivity index (χ0v) is 10.9. The Kier molecular flexibility index (Phi) is 3.32. The molecule has 106 valence electrons. The average Bonchev–Trinajstić information content (AvgIpc) is 2.97. The maximum absolute atomic E-state index is 14.0. The van der Waals surface area contributed by atoms with E-state index < -0.39 is 17.6 Å². The van der Waals surface area contributed by atoms with Gasteiger partial charge in [-0.05, 0) is 48.1 Å². The number of aliphatic carboxylic acids is 1. The molecule has 1 N–H and O–H groups in total. The first kappa shape index (κ1) is 13.3. The molecule has 2 nitrogen and oxygen atoms in total. The molecule has 0 aliphatic heterocycles. The molecule has 20 heavy (non-hydrogen) atoms. The van der Waals surface area contributed by atoms with E-state index >= 15 is 0 Å². The van der Waals surface area contributed by atoms with E-state index in [-0.39, 0.29) is 24.2 Å². The average molecular weight is 278 g/mol. The minimum atomic E-state index is -0.824. The second-order valence-electron chi connectivity index (χ2n) is 5.74. The molecule has 1 saturated carbocycles. The van der Waals surface area contributed by atoms with E-state index in [4.69, 9.17) is 5.11 Å². The monoisotopic (exact) mass is 278 g/mol. The zero-order valence-electron chi connectivity index (χ0n) is 10.9. The molecule has 3 rings (SSSR count). The third kappa shape index (κ3) is 2.23. The summed E-state index contributed by atoms with van der Waals surface area (Å²) in [4.78, 5) is 10.8. The van der Waals surface area contributed by atoms with Crippen LogP contribution in [0.25, 0.3) is 0 Å². The van der Waals surface area contributed by atoms with E-state index in [1.54, 1.807) is 0 Å². The predicted molar refractivity (Wildman–Crippen MR) is 70.2 cm³/mol. The Morgan fingerprint density at radius 3 is 2.70 bits per heavy atom. The number of hydrogen-bond acceptors (Lipinski definition) is 1. The van der Waals surface area contributed by atoms with Gasteiger partial charge in [0.2, 0.25) is 0 Å². The van der Waals surface area contributed by atoms with Crippen molar-refractivity contribution in [3.05, 3.63) is 47.5 Å².